The van der Waals surface area contributed by atoms with Crippen LogP contribution in [0, 0.1) is 0 Å². The van der Waals surface area contributed by atoms with Crippen molar-refractivity contribution < 1.29 is 23.9 Å². The van der Waals surface area contributed by atoms with Crippen molar-refractivity contribution in [3.63, 3.8) is 0 Å². The van der Waals surface area contributed by atoms with E-state index in [-0.39, 0.29) is 28.9 Å². The van der Waals surface area contributed by atoms with E-state index in [1.54, 1.807) is 24.3 Å². The number of ketones is 1. The van der Waals surface area contributed by atoms with Gasteiger partial charge in [0.15, 0.2) is 5.78 Å². The quantitative estimate of drug-likeness (QED) is 0.624. The van der Waals surface area contributed by atoms with Gasteiger partial charge in [0.25, 0.3) is 17.7 Å². The first-order valence-corrected chi connectivity index (χ1v) is 9.49. The second-order valence-corrected chi connectivity index (χ2v) is 7.15. The predicted molar refractivity (Wildman–Crippen MR) is 105 cm³/mol. The van der Waals surface area contributed by atoms with Crippen molar-refractivity contribution >= 4 is 29.2 Å². The van der Waals surface area contributed by atoms with E-state index < -0.39 is 11.8 Å². The summed E-state index contributed by atoms with van der Waals surface area (Å²) in [4.78, 5) is 50.5. The fraction of sp³-hybridized carbons (Fsp3) is 0.273. The maximum atomic E-state index is 12.9. The summed E-state index contributed by atoms with van der Waals surface area (Å²) in [5, 5.41) is 2.81. The number of hydrogen-bond donors (Lipinski definition) is 1. The number of carbonyl (C=O) groups is 4. The third-order valence-electron chi connectivity index (χ3n) is 5.20. The van der Waals surface area contributed by atoms with Crippen molar-refractivity contribution in [3.05, 3.63) is 64.7 Å². The number of benzene rings is 2. The number of ether oxygens (including phenoxy) is 1. The van der Waals surface area contributed by atoms with Crippen LogP contribution in [0.4, 0.5) is 5.69 Å². The molecule has 1 fully saturated rings. The van der Waals surface area contributed by atoms with Crippen LogP contribution in [-0.2, 0) is 4.74 Å². The minimum atomic E-state index is -0.491. The predicted octanol–water partition coefficient (Wildman–Crippen LogP) is 2.60. The summed E-state index contributed by atoms with van der Waals surface area (Å²) in [5.41, 5.74) is 1.63. The van der Waals surface area contributed by atoms with E-state index in [0.29, 0.717) is 30.0 Å². The molecule has 0 saturated carbocycles. The molecule has 3 amide bonds. The third-order valence-corrected chi connectivity index (χ3v) is 5.20. The number of rotatable bonds is 5. The number of nitrogens with one attached hydrogen (secondary N) is 1. The Bertz CT molecular complexity index is 1010. The van der Waals surface area contributed by atoms with E-state index in [2.05, 4.69) is 5.32 Å². The van der Waals surface area contributed by atoms with Crippen LogP contribution in [0.1, 0.15) is 61.2 Å². The number of amides is 3. The van der Waals surface area contributed by atoms with Gasteiger partial charge in [-0.15, -0.1) is 0 Å². The lowest BCUT2D eigenvalue weighted by Crippen LogP contribution is -2.31. The zero-order chi connectivity index (χ0) is 20.5. The Morgan fingerprint density at radius 2 is 1.72 bits per heavy atom. The van der Waals surface area contributed by atoms with E-state index in [4.69, 9.17) is 4.74 Å². The fourth-order valence-corrected chi connectivity index (χ4v) is 3.58. The van der Waals surface area contributed by atoms with Crippen LogP contribution in [0.25, 0.3) is 0 Å². The highest BCUT2D eigenvalue weighted by atomic mass is 16.5. The van der Waals surface area contributed by atoms with Gasteiger partial charge < -0.3 is 10.1 Å². The second-order valence-electron chi connectivity index (χ2n) is 7.15. The van der Waals surface area contributed by atoms with Crippen molar-refractivity contribution in [3.8, 4) is 0 Å². The largest absolute Gasteiger partial charge is 0.376 e. The maximum absolute atomic E-state index is 12.9. The topological polar surface area (TPSA) is 92.8 Å². The van der Waals surface area contributed by atoms with Crippen LogP contribution >= 0.6 is 0 Å². The number of fused-ring (bicyclic) bond motifs is 1. The van der Waals surface area contributed by atoms with Crippen LogP contribution in [0.3, 0.4) is 0 Å². The minimum absolute atomic E-state index is 0.0186. The molecule has 1 saturated heterocycles. The number of Topliss-reactive ketones (excluding diaryl/α,β-unsaturated/α-hetero) is 1. The number of carbonyl (C=O) groups excluding carboxylic acids is 4. The van der Waals surface area contributed by atoms with Crippen LogP contribution < -0.4 is 10.2 Å². The maximum Gasteiger partial charge on any atom is 0.266 e. The molecule has 2 aromatic rings. The average Bonchev–Trinajstić information content (AvgIpc) is 3.33. The molecule has 148 valence electrons. The summed E-state index contributed by atoms with van der Waals surface area (Å²) >= 11 is 0. The third kappa shape index (κ3) is 3.56. The number of imide groups is 1. The standard InChI is InChI=1S/C22H20N2O5/c1-13(25)14-4-7-16(8-5-14)24-21(27)18-9-6-15(11-19(18)22(24)28)20(26)23-12-17-3-2-10-29-17/h4-9,11,17H,2-3,10,12H2,1H3,(H,23,26)/t17-/m0/s1. The summed E-state index contributed by atoms with van der Waals surface area (Å²) in [6.45, 7) is 2.57. The molecule has 1 atom stereocenters. The summed E-state index contributed by atoms with van der Waals surface area (Å²) in [6, 6.07) is 10.8. The Hall–Kier alpha value is -3.32. The molecule has 2 aliphatic rings. The van der Waals surface area contributed by atoms with Gasteiger partial charge in [0.1, 0.15) is 0 Å². The molecule has 7 nitrogen and oxygen atoms in total. The lowest BCUT2D eigenvalue weighted by Gasteiger charge is -2.14. The van der Waals surface area contributed by atoms with E-state index in [1.165, 1.54) is 25.1 Å². The molecular weight excluding hydrogens is 372 g/mol. The van der Waals surface area contributed by atoms with Crippen LogP contribution in [-0.4, -0.2) is 42.8 Å². The molecule has 4 rings (SSSR count). The zero-order valence-corrected chi connectivity index (χ0v) is 15.9. The Balaban J connectivity index is 1.54. The highest BCUT2D eigenvalue weighted by Crippen LogP contribution is 2.29. The first kappa shape index (κ1) is 19.0. The number of hydrogen-bond acceptors (Lipinski definition) is 5. The van der Waals surface area contributed by atoms with E-state index in [1.807, 2.05) is 0 Å². The normalized spacial score (nSPS) is 18.1. The summed E-state index contributed by atoms with van der Waals surface area (Å²) in [6.07, 6.45) is 1.92. The molecule has 7 heteroatoms. The number of nitrogens with zero attached hydrogens (tertiary/aromatic N) is 1. The lowest BCUT2D eigenvalue weighted by molar-refractivity contribution is 0.0857. The van der Waals surface area contributed by atoms with Crippen molar-refractivity contribution in [2.24, 2.45) is 0 Å². The molecule has 0 radical (unpaired) electrons. The molecule has 0 bridgehead atoms. The van der Waals surface area contributed by atoms with Crippen LogP contribution in [0.2, 0.25) is 0 Å². The molecule has 0 spiro atoms. The van der Waals surface area contributed by atoms with Gasteiger partial charge in [-0.3, -0.25) is 19.2 Å². The molecule has 1 N–H and O–H groups in total. The van der Waals surface area contributed by atoms with E-state index in [9.17, 15) is 19.2 Å². The summed E-state index contributed by atoms with van der Waals surface area (Å²) < 4.78 is 5.49. The first-order valence-electron chi connectivity index (χ1n) is 9.49. The number of anilines is 1. The fourth-order valence-electron chi connectivity index (χ4n) is 3.58. The van der Waals surface area contributed by atoms with Crippen LogP contribution in [0.5, 0.6) is 0 Å². The molecule has 0 unspecified atom stereocenters. The first-order chi connectivity index (χ1) is 14.0. The van der Waals surface area contributed by atoms with Gasteiger partial charge in [0.05, 0.1) is 22.9 Å². The van der Waals surface area contributed by atoms with Gasteiger partial charge in [-0.2, -0.15) is 0 Å². The molecule has 2 aliphatic heterocycles. The van der Waals surface area contributed by atoms with Gasteiger partial charge in [-0.1, -0.05) is 0 Å². The minimum Gasteiger partial charge on any atom is -0.376 e. The highest BCUT2D eigenvalue weighted by Gasteiger charge is 2.37. The van der Waals surface area contributed by atoms with Gasteiger partial charge in [0, 0.05) is 24.3 Å². The Morgan fingerprint density at radius 3 is 2.38 bits per heavy atom. The Morgan fingerprint density at radius 1 is 1.03 bits per heavy atom. The smallest absolute Gasteiger partial charge is 0.266 e. The molecule has 2 heterocycles. The van der Waals surface area contributed by atoms with Crippen molar-refractivity contribution in [2.75, 3.05) is 18.1 Å². The SMILES string of the molecule is CC(=O)c1ccc(N2C(=O)c3ccc(C(=O)NC[C@@H]4CCCO4)cc3C2=O)cc1. The molecule has 0 aliphatic carbocycles. The average molecular weight is 392 g/mol. The molecular formula is C22H20N2O5. The van der Waals surface area contributed by atoms with Gasteiger partial charge in [-0.05, 0) is 62.2 Å². The summed E-state index contributed by atoms with van der Waals surface area (Å²) in [7, 11) is 0. The van der Waals surface area contributed by atoms with Crippen molar-refractivity contribution in [1.82, 2.24) is 5.32 Å². The monoisotopic (exact) mass is 392 g/mol. The lowest BCUT2D eigenvalue weighted by atomic mass is 10.1. The second kappa shape index (κ2) is 7.60. The highest BCUT2D eigenvalue weighted by molar-refractivity contribution is 6.34. The molecule has 29 heavy (non-hydrogen) atoms. The molecule has 2 aromatic carbocycles. The van der Waals surface area contributed by atoms with Crippen molar-refractivity contribution in [2.45, 2.75) is 25.9 Å². The Kier molecular flexibility index (Phi) is 4.98. The van der Waals surface area contributed by atoms with Gasteiger partial charge in [-0.25, -0.2) is 4.90 Å². The Labute approximate surface area is 167 Å². The molecule has 0 aromatic heterocycles. The van der Waals surface area contributed by atoms with Crippen molar-refractivity contribution in [1.29, 1.82) is 0 Å². The van der Waals surface area contributed by atoms with Gasteiger partial charge in [0.2, 0.25) is 0 Å². The van der Waals surface area contributed by atoms with Crippen LogP contribution in [0.15, 0.2) is 42.5 Å². The van der Waals surface area contributed by atoms with Gasteiger partial charge >= 0.3 is 0 Å². The van der Waals surface area contributed by atoms with E-state index >= 15 is 0 Å². The summed E-state index contributed by atoms with van der Waals surface area (Å²) in [5.74, 6) is -1.35. The zero-order valence-electron chi connectivity index (χ0n) is 15.9. The van der Waals surface area contributed by atoms with E-state index in [0.717, 1.165) is 17.7 Å².